The van der Waals surface area contributed by atoms with Crippen molar-refractivity contribution in [2.45, 2.75) is 13.3 Å². The minimum atomic E-state index is -0.689. The SMILES string of the molecule is CCS(=O)CCCOc1ccc(N)cc1. The summed E-state index contributed by atoms with van der Waals surface area (Å²) in [6.07, 6.45) is 0.824. The maximum Gasteiger partial charge on any atom is 0.119 e. The van der Waals surface area contributed by atoms with E-state index >= 15 is 0 Å². The third kappa shape index (κ3) is 4.83. The molecule has 0 spiro atoms. The minimum Gasteiger partial charge on any atom is -0.494 e. The van der Waals surface area contributed by atoms with Crippen molar-refractivity contribution in [1.82, 2.24) is 0 Å². The first-order valence-electron chi connectivity index (χ1n) is 5.05. The summed E-state index contributed by atoms with van der Waals surface area (Å²) in [4.78, 5) is 0. The molecule has 1 unspecified atom stereocenters. The fourth-order valence-corrected chi connectivity index (χ4v) is 1.85. The van der Waals surface area contributed by atoms with Crippen LogP contribution in [-0.4, -0.2) is 22.3 Å². The number of hydrogen-bond acceptors (Lipinski definition) is 3. The summed E-state index contributed by atoms with van der Waals surface area (Å²) in [5.74, 6) is 2.25. The zero-order chi connectivity index (χ0) is 11.1. The van der Waals surface area contributed by atoms with Crippen molar-refractivity contribution in [2.75, 3.05) is 23.8 Å². The van der Waals surface area contributed by atoms with Crippen LogP contribution in [0, 0.1) is 0 Å². The topological polar surface area (TPSA) is 52.3 Å². The number of anilines is 1. The van der Waals surface area contributed by atoms with Crippen molar-refractivity contribution in [3.63, 3.8) is 0 Å². The lowest BCUT2D eigenvalue weighted by Gasteiger charge is -2.05. The van der Waals surface area contributed by atoms with Gasteiger partial charge in [0.15, 0.2) is 0 Å². The van der Waals surface area contributed by atoms with Crippen LogP contribution in [0.25, 0.3) is 0 Å². The fraction of sp³-hybridized carbons (Fsp3) is 0.455. The lowest BCUT2D eigenvalue weighted by Crippen LogP contribution is -2.05. The molecular weight excluding hydrogens is 210 g/mol. The van der Waals surface area contributed by atoms with Crippen molar-refractivity contribution in [2.24, 2.45) is 0 Å². The van der Waals surface area contributed by atoms with E-state index in [9.17, 15) is 4.21 Å². The molecule has 1 atom stereocenters. The molecule has 2 N–H and O–H groups in total. The highest BCUT2D eigenvalue weighted by molar-refractivity contribution is 7.84. The second-order valence-electron chi connectivity index (χ2n) is 3.20. The predicted molar refractivity (Wildman–Crippen MR) is 64.5 cm³/mol. The summed E-state index contributed by atoms with van der Waals surface area (Å²) < 4.78 is 16.6. The van der Waals surface area contributed by atoms with Crippen molar-refractivity contribution in [3.05, 3.63) is 24.3 Å². The molecule has 0 saturated carbocycles. The first-order valence-corrected chi connectivity index (χ1v) is 6.54. The zero-order valence-corrected chi connectivity index (χ0v) is 9.76. The Labute approximate surface area is 93.1 Å². The standard InChI is InChI=1S/C11H17NO2S/c1-2-15(13)9-3-8-14-11-6-4-10(12)5-7-11/h4-7H,2-3,8-9,12H2,1H3. The van der Waals surface area contributed by atoms with E-state index in [4.69, 9.17) is 10.5 Å². The molecule has 0 aromatic heterocycles. The predicted octanol–water partition coefficient (Wildman–Crippen LogP) is 1.81. The third-order valence-electron chi connectivity index (χ3n) is 1.99. The molecule has 1 aromatic carbocycles. The monoisotopic (exact) mass is 227 g/mol. The van der Waals surface area contributed by atoms with Crippen molar-refractivity contribution in [1.29, 1.82) is 0 Å². The van der Waals surface area contributed by atoms with Crippen molar-refractivity contribution >= 4 is 16.5 Å². The average Bonchev–Trinajstić information content (AvgIpc) is 2.26. The largest absolute Gasteiger partial charge is 0.494 e. The van der Waals surface area contributed by atoms with E-state index in [-0.39, 0.29) is 0 Å². The Kier molecular flexibility index (Phi) is 5.18. The van der Waals surface area contributed by atoms with E-state index in [2.05, 4.69) is 0 Å². The van der Waals surface area contributed by atoms with Gasteiger partial charge in [-0.3, -0.25) is 4.21 Å². The van der Waals surface area contributed by atoms with Gasteiger partial charge in [0, 0.05) is 28.0 Å². The number of rotatable bonds is 6. The van der Waals surface area contributed by atoms with E-state index in [0.717, 1.165) is 23.6 Å². The lowest BCUT2D eigenvalue weighted by molar-refractivity contribution is 0.318. The summed E-state index contributed by atoms with van der Waals surface area (Å²) in [6.45, 7) is 2.53. The molecule has 0 amide bonds. The Morgan fingerprint density at radius 2 is 2.00 bits per heavy atom. The smallest absolute Gasteiger partial charge is 0.119 e. The van der Waals surface area contributed by atoms with Crippen LogP contribution >= 0.6 is 0 Å². The van der Waals surface area contributed by atoms with Gasteiger partial charge >= 0.3 is 0 Å². The van der Waals surface area contributed by atoms with Gasteiger partial charge in [-0.05, 0) is 30.7 Å². The van der Waals surface area contributed by atoms with Crippen molar-refractivity contribution in [3.8, 4) is 5.75 Å². The number of nitrogen functional groups attached to an aromatic ring is 1. The van der Waals surface area contributed by atoms with E-state index in [1.54, 1.807) is 12.1 Å². The van der Waals surface area contributed by atoms with E-state index in [0.29, 0.717) is 12.4 Å². The Balaban J connectivity index is 2.20. The second-order valence-corrected chi connectivity index (χ2v) is 5.07. The van der Waals surface area contributed by atoms with Gasteiger partial charge in [0.05, 0.1) is 6.61 Å². The Morgan fingerprint density at radius 3 is 2.60 bits per heavy atom. The van der Waals surface area contributed by atoms with Crippen LogP contribution in [0.3, 0.4) is 0 Å². The van der Waals surface area contributed by atoms with Crippen LogP contribution in [0.4, 0.5) is 5.69 Å². The number of benzene rings is 1. The summed E-state index contributed by atoms with van der Waals surface area (Å²) in [5, 5.41) is 0. The molecule has 0 heterocycles. The van der Waals surface area contributed by atoms with E-state index < -0.39 is 10.8 Å². The highest BCUT2D eigenvalue weighted by Crippen LogP contribution is 2.13. The summed E-state index contributed by atoms with van der Waals surface area (Å²) in [7, 11) is -0.689. The first-order chi connectivity index (χ1) is 7.22. The number of hydrogen-bond donors (Lipinski definition) is 1. The molecule has 0 radical (unpaired) electrons. The molecule has 4 heteroatoms. The molecule has 84 valence electrons. The Hall–Kier alpha value is -1.03. The van der Waals surface area contributed by atoms with Crippen LogP contribution in [0.5, 0.6) is 5.75 Å². The second kappa shape index (κ2) is 6.45. The van der Waals surface area contributed by atoms with Gasteiger partial charge in [-0.25, -0.2) is 0 Å². The fourth-order valence-electron chi connectivity index (χ4n) is 1.12. The molecule has 3 nitrogen and oxygen atoms in total. The molecule has 0 aliphatic heterocycles. The lowest BCUT2D eigenvalue weighted by atomic mass is 10.3. The van der Waals surface area contributed by atoms with Gasteiger partial charge < -0.3 is 10.5 Å². The van der Waals surface area contributed by atoms with Gasteiger partial charge in [-0.1, -0.05) is 6.92 Å². The van der Waals surface area contributed by atoms with Gasteiger partial charge in [0.25, 0.3) is 0 Å². The summed E-state index contributed by atoms with van der Waals surface area (Å²) in [5.41, 5.74) is 6.27. The molecule has 0 fully saturated rings. The zero-order valence-electron chi connectivity index (χ0n) is 8.94. The van der Waals surface area contributed by atoms with E-state index in [1.165, 1.54) is 0 Å². The minimum absolute atomic E-state index is 0.607. The van der Waals surface area contributed by atoms with Gasteiger partial charge in [0.2, 0.25) is 0 Å². The molecule has 1 rings (SSSR count). The maximum absolute atomic E-state index is 11.1. The first kappa shape index (κ1) is 12.0. The molecule has 0 aliphatic rings. The highest BCUT2D eigenvalue weighted by atomic mass is 32.2. The molecule has 0 saturated heterocycles. The Morgan fingerprint density at radius 1 is 1.33 bits per heavy atom. The average molecular weight is 227 g/mol. The summed E-state index contributed by atoms with van der Waals surface area (Å²) in [6, 6.07) is 7.29. The molecule has 0 aliphatic carbocycles. The molecule has 15 heavy (non-hydrogen) atoms. The number of nitrogens with two attached hydrogens (primary N) is 1. The van der Waals surface area contributed by atoms with E-state index in [1.807, 2.05) is 19.1 Å². The third-order valence-corrected chi connectivity index (χ3v) is 3.38. The van der Waals surface area contributed by atoms with Crippen LogP contribution in [0.15, 0.2) is 24.3 Å². The van der Waals surface area contributed by atoms with Crippen LogP contribution in [-0.2, 0) is 10.8 Å². The quantitative estimate of drug-likeness (QED) is 0.595. The molecule has 1 aromatic rings. The Bertz CT molecular complexity index is 311. The maximum atomic E-state index is 11.1. The normalized spacial score (nSPS) is 12.3. The van der Waals surface area contributed by atoms with Gasteiger partial charge in [0.1, 0.15) is 5.75 Å². The van der Waals surface area contributed by atoms with Crippen molar-refractivity contribution < 1.29 is 8.95 Å². The molecule has 0 bridgehead atoms. The highest BCUT2D eigenvalue weighted by Gasteiger charge is 1.97. The number of ether oxygens (including phenoxy) is 1. The van der Waals surface area contributed by atoms with Gasteiger partial charge in [-0.15, -0.1) is 0 Å². The van der Waals surface area contributed by atoms with Crippen LogP contribution in [0.1, 0.15) is 13.3 Å². The van der Waals surface area contributed by atoms with Crippen LogP contribution in [0.2, 0.25) is 0 Å². The van der Waals surface area contributed by atoms with Crippen LogP contribution < -0.4 is 10.5 Å². The summed E-state index contributed by atoms with van der Waals surface area (Å²) >= 11 is 0. The van der Waals surface area contributed by atoms with Gasteiger partial charge in [-0.2, -0.15) is 0 Å². The molecular formula is C11H17NO2S.